The summed E-state index contributed by atoms with van der Waals surface area (Å²) in [5, 5.41) is 23.0. The normalized spacial score (nSPS) is 13.7. The number of carbonyl (C=O) groups excluding carboxylic acids is 1. The van der Waals surface area contributed by atoms with Crippen molar-refractivity contribution in [2.75, 3.05) is 31.3 Å². The minimum absolute atomic E-state index is 0.0105. The van der Waals surface area contributed by atoms with Crippen molar-refractivity contribution in [2.45, 2.75) is 32.1 Å². The third-order valence-electron chi connectivity index (χ3n) is 6.72. The maximum atomic E-state index is 13.8. The highest BCUT2D eigenvalue weighted by Crippen LogP contribution is 2.40. The number of carbonyl (C=O) groups is 1. The topological polar surface area (TPSA) is 126 Å². The Morgan fingerprint density at radius 2 is 1.66 bits per heavy atom. The second-order valence-electron chi connectivity index (χ2n) is 9.60. The predicted molar refractivity (Wildman–Crippen MR) is 159 cm³/mol. The van der Waals surface area contributed by atoms with E-state index in [4.69, 9.17) is 10.8 Å². The van der Waals surface area contributed by atoms with Gasteiger partial charge >= 0.3 is 6.03 Å². The van der Waals surface area contributed by atoms with Gasteiger partial charge in [-0.15, -0.1) is 18.9 Å². The number of urea groups is 1. The zero-order valence-corrected chi connectivity index (χ0v) is 23.3. The summed E-state index contributed by atoms with van der Waals surface area (Å²) in [4.78, 5) is 40.9. The number of unbranched alkanes of at least 4 members (excludes halogenated alkanes) is 2. The van der Waals surface area contributed by atoms with E-state index in [1.807, 2.05) is 6.08 Å². The zero-order valence-electron chi connectivity index (χ0n) is 22.5. The van der Waals surface area contributed by atoms with Gasteiger partial charge in [-0.2, -0.15) is 4.37 Å². The number of anilines is 1. The van der Waals surface area contributed by atoms with Gasteiger partial charge in [-0.3, -0.25) is 30.0 Å². The van der Waals surface area contributed by atoms with Gasteiger partial charge in [-0.05, 0) is 54.1 Å². The van der Waals surface area contributed by atoms with Crippen molar-refractivity contribution >= 4 is 33.9 Å². The predicted octanol–water partition coefficient (Wildman–Crippen LogP) is 6.06. The Morgan fingerprint density at radius 3 is 2.27 bits per heavy atom. The molecule has 1 aliphatic heterocycles. The summed E-state index contributed by atoms with van der Waals surface area (Å²) in [6.07, 6.45) is 10.6. The van der Waals surface area contributed by atoms with Gasteiger partial charge in [0.1, 0.15) is 5.00 Å². The molecule has 2 heterocycles. The number of nitro benzene ring substituents is 2. The lowest BCUT2D eigenvalue weighted by atomic mass is 10.00. The number of allylic oxidation sites excluding steroid dienone is 1. The van der Waals surface area contributed by atoms with Crippen LogP contribution < -0.4 is 4.90 Å². The van der Waals surface area contributed by atoms with Crippen molar-refractivity contribution in [3.8, 4) is 23.5 Å². The largest absolute Gasteiger partial charge is 0.327 e. The Morgan fingerprint density at radius 1 is 1.00 bits per heavy atom. The molecule has 2 amide bonds. The number of amides is 2. The molecule has 1 aliphatic rings. The number of aromatic nitrogens is 1. The molecule has 3 aromatic rings. The summed E-state index contributed by atoms with van der Waals surface area (Å²) in [7, 11) is 0. The molecule has 0 atom stereocenters. The summed E-state index contributed by atoms with van der Waals surface area (Å²) in [5.74, 6) is 2.67. The molecular formula is C29H30N6O5S. The fourth-order valence-corrected chi connectivity index (χ4v) is 5.57. The van der Waals surface area contributed by atoms with E-state index in [-0.39, 0.29) is 17.4 Å². The Hall–Kier alpha value is -4.60. The summed E-state index contributed by atoms with van der Waals surface area (Å²) < 4.78 is 4.72. The van der Waals surface area contributed by atoms with E-state index >= 15 is 0 Å². The van der Waals surface area contributed by atoms with Crippen LogP contribution in [0.3, 0.4) is 0 Å². The van der Waals surface area contributed by atoms with E-state index in [0.717, 1.165) is 24.8 Å². The lowest BCUT2D eigenvalue weighted by Gasteiger charge is -2.41. The monoisotopic (exact) mass is 574 g/mol. The zero-order chi connectivity index (χ0) is 29.4. The smallest absolute Gasteiger partial charge is 0.311 e. The Balaban J connectivity index is 1.73. The molecule has 11 nitrogen and oxygen atoms in total. The molecule has 1 fully saturated rings. The molecule has 0 radical (unpaired) electrons. The fourth-order valence-electron chi connectivity index (χ4n) is 4.65. The lowest BCUT2D eigenvalue weighted by molar-refractivity contribution is -0.385. The maximum Gasteiger partial charge on any atom is 0.327 e. The van der Waals surface area contributed by atoms with Crippen LogP contribution in [0.5, 0.6) is 0 Å². The van der Waals surface area contributed by atoms with E-state index in [2.05, 4.69) is 17.4 Å². The molecule has 4 rings (SSSR count). The first-order valence-corrected chi connectivity index (χ1v) is 13.9. The number of nitrogens with zero attached hydrogens (tertiary/aromatic N) is 6. The summed E-state index contributed by atoms with van der Waals surface area (Å²) in [6.45, 7) is 5.89. The van der Waals surface area contributed by atoms with Crippen LogP contribution in [0.1, 0.15) is 36.9 Å². The minimum Gasteiger partial charge on any atom is -0.311 e. The lowest BCUT2D eigenvalue weighted by Crippen LogP contribution is -2.58. The first-order chi connectivity index (χ1) is 19.8. The van der Waals surface area contributed by atoms with Crippen LogP contribution in [0.25, 0.3) is 11.1 Å². The van der Waals surface area contributed by atoms with Gasteiger partial charge in [-0.25, -0.2) is 4.79 Å². The Labute approximate surface area is 242 Å². The third-order valence-corrected chi connectivity index (χ3v) is 7.63. The number of terminal acetylenes is 1. The van der Waals surface area contributed by atoms with E-state index in [9.17, 15) is 25.0 Å². The average Bonchev–Trinajstić information content (AvgIpc) is 3.38. The fraction of sp³-hybridized carbons (Fsp3) is 0.310. The van der Waals surface area contributed by atoms with E-state index < -0.39 is 9.85 Å². The van der Waals surface area contributed by atoms with Crippen molar-refractivity contribution in [1.82, 2.24) is 14.2 Å². The van der Waals surface area contributed by atoms with Crippen molar-refractivity contribution in [1.29, 1.82) is 0 Å². The van der Waals surface area contributed by atoms with Crippen molar-refractivity contribution in [2.24, 2.45) is 0 Å². The van der Waals surface area contributed by atoms with Crippen LogP contribution in [-0.4, -0.2) is 56.5 Å². The molecule has 0 spiro atoms. The number of nitro groups is 2. The van der Waals surface area contributed by atoms with Gasteiger partial charge in [0.2, 0.25) is 0 Å². The Bertz CT molecular complexity index is 1450. The standard InChI is InChI=1S/C29H30N6O5S/c1-3-5-7-17-31-20-32(18-8-6-4-2)29(36)33(21-31)28-27(23-11-15-25(16-12-23)35(39)40)26(30-41-28)19-22-9-13-24(14-10-22)34(37)38/h1,4,9-16H,2,5-8,17-21H2. The molecule has 1 aromatic heterocycles. The van der Waals surface area contributed by atoms with E-state index in [0.29, 0.717) is 61.1 Å². The molecule has 0 bridgehead atoms. The van der Waals surface area contributed by atoms with Crippen LogP contribution in [0.2, 0.25) is 0 Å². The van der Waals surface area contributed by atoms with Gasteiger partial charge in [0, 0.05) is 55.8 Å². The molecular weight excluding hydrogens is 544 g/mol. The van der Waals surface area contributed by atoms with Gasteiger partial charge < -0.3 is 4.90 Å². The van der Waals surface area contributed by atoms with Crippen LogP contribution in [-0.2, 0) is 6.42 Å². The number of hydrogen-bond donors (Lipinski definition) is 0. The molecule has 12 heteroatoms. The Kier molecular flexibility index (Phi) is 9.78. The molecule has 0 N–H and O–H groups in total. The van der Waals surface area contributed by atoms with Crippen LogP contribution in [0, 0.1) is 32.6 Å². The highest BCUT2D eigenvalue weighted by molar-refractivity contribution is 7.11. The molecule has 212 valence electrons. The second kappa shape index (κ2) is 13.6. The molecule has 41 heavy (non-hydrogen) atoms. The summed E-state index contributed by atoms with van der Waals surface area (Å²) in [5.41, 5.74) is 2.81. The van der Waals surface area contributed by atoms with Gasteiger partial charge in [-0.1, -0.05) is 18.2 Å². The molecule has 0 aliphatic carbocycles. The number of rotatable bonds is 13. The van der Waals surface area contributed by atoms with Crippen LogP contribution in [0.15, 0.2) is 61.2 Å². The third kappa shape index (κ3) is 7.13. The van der Waals surface area contributed by atoms with Crippen molar-refractivity contribution in [3.63, 3.8) is 0 Å². The first kappa shape index (κ1) is 29.4. The summed E-state index contributed by atoms with van der Waals surface area (Å²) >= 11 is 1.19. The number of benzene rings is 2. The maximum absolute atomic E-state index is 13.8. The van der Waals surface area contributed by atoms with Crippen LogP contribution in [0.4, 0.5) is 21.2 Å². The van der Waals surface area contributed by atoms with Gasteiger partial charge in [0.25, 0.3) is 11.4 Å². The summed E-state index contributed by atoms with van der Waals surface area (Å²) in [6, 6.07) is 12.3. The molecule has 0 unspecified atom stereocenters. The van der Waals surface area contributed by atoms with Gasteiger partial charge in [0.15, 0.2) is 0 Å². The average molecular weight is 575 g/mol. The van der Waals surface area contributed by atoms with Crippen LogP contribution >= 0.6 is 11.5 Å². The second-order valence-corrected chi connectivity index (χ2v) is 10.4. The highest BCUT2D eigenvalue weighted by Gasteiger charge is 2.34. The van der Waals surface area contributed by atoms with E-state index in [1.54, 1.807) is 34.1 Å². The minimum atomic E-state index is -0.461. The number of non-ortho nitro benzene ring substituents is 2. The van der Waals surface area contributed by atoms with Gasteiger partial charge in [0.05, 0.1) is 28.9 Å². The molecule has 2 aromatic carbocycles. The van der Waals surface area contributed by atoms with E-state index in [1.165, 1.54) is 35.8 Å². The SMILES string of the molecule is C#CCCCN1CN(CCCC=C)C(=O)N(c2snc(Cc3ccc([N+](=O)[O-])cc3)c2-c2ccc([N+](=O)[O-])cc2)C1. The van der Waals surface area contributed by atoms with Crippen molar-refractivity contribution in [3.05, 3.63) is 92.7 Å². The van der Waals surface area contributed by atoms with Crippen molar-refractivity contribution < 1.29 is 14.6 Å². The molecule has 0 saturated carbocycles. The highest BCUT2D eigenvalue weighted by atomic mass is 32.1. The molecule has 1 saturated heterocycles. The quantitative estimate of drug-likeness (QED) is 0.0799. The number of hydrogen-bond acceptors (Lipinski definition) is 8. The first-order valence-electron chi connectivity index (χ1n) is 13.1.